The lowest BCUT2D eigenvalue weighted by Gasteiger charge is -2.26. The van der Waals surface area contributed by atoms with E-state index in [-0.39, 0.29) is 12.1 Å². The highest BCUT2D eigenvalue weighted by atomic mass is 32.2. The summed E-state index contributed by atoms with van der Waals surface area (Å²) < 4.78 is 32.4. The number of rotatable bonds is 8. The fourth-order valence-corrected chi connectivity index (χ4v) is 3.09. The van der Waals surface area contributed by atoms with Gasteiger partial charge in [0.2, 0.25) is 0 Å². The van der Waals surface area contributed by atoms with Crippen LogP contribution in [0.15, 0.2) is 0 Å². The molecule has 0 saturated carbocycles. The molecule has 0 radical (unpaired) electrons. The Morgan fingerprint density at radius 3 is 2.60 bits per heavy atom. The highest BCUT2D eigenvalue weighted by molar-refractivity contribution is 7.98. The van der Waals surface area contributed by atoms with Crippen molar-refractivity contribution in [1.82, 2.24) is 0 Å². The van der Waals surface area contributed by atoms with Crippen LogP contribution in [-0.4, -0.2) is 73.8 Å². The van der Waals surface area contributed by atoms with Gasteiger partial charge in [0.25, 0.3) is 0 Å². The van der Waals surface area contributed by atoms with E-state index < -0.39 is 26.1 Å². The van der Waals surface area contributed by atoms with Gasteiger partial charge in [-0.25, -0.2) is 4.57 Å². The summed E-state index contributed by atoms with van der Waals surface area (Å²) in [6.07, 6.45) is -0.0857. The number of thioether (sulfide) groups is 1. The second-order valence-electron chi connectivity index (χ2n) is 4.64. The summed E-state index contributed by atoms with van der Waals surface area (Å²) in [5.41, 5.74) is 0. The maximum absolute atomic E-state index is 10.9. The molecule has 0 bridgehead atoms. The molecule has 1 fully saturated rings. The van der Waals surface area contributed by atoms with Crippen molar-refractivity contribution in [2.75, 3.05) is 25.7 Å². The van der Waals surface area contributed by atoms with Crippen molar-refractivity contribution in [1.29, 1.82) is 0 Å². The lowest BCUT2D eigenvalue weighted by atomic mass is 9.92. The van der Waals surface area contributed by atoms with Gasteiger partial charge in [-0.2, -0.15) is 11.8 Å². The molecule has 10 heteroatoms. The van der Waals surface area contributed by atoms with E-state index in [0.717, 1.165) is 5.75 Å². The fraction of sp³-hybridized carbons (Fsp3) is 1.00. The third kappa shape index (κ3) is 5.31. The van der Waals surface area contributed by atoms with Crippen molar-refractivity contribution in [3.8, 4) is 0 Å². The summed E-state index contributed by atoms with van der Waals surface area (Å²) in [7, 11) is -1.19. The van der Waals surface area contributed by atoms with Gasteiger partial charge in [0.05, 0.1) is 18.7 Å². The number of hydrogen-bond acceptors (Lipinski definition) is 6. The highest BCUT2D eigenvalue weighted by Crippen LogP contribution is 2.40. The first-order valence-corrected chi connectivity index (χ1v) is 9.25. The SMILES string of the molecule is B[C@@H]1O[C@H](C(C)OP(=O)(O)O)[C@@H](OC)[C@H]1OCCSC. The maximum Gasteiger partial charge on any atom is 0.469 e. The van der Waals surface area contributed by atoms with Gasteiger partial charge in [0.1, 0.15) is 26.2 Å². The molecule has 1 saturated heterocycles. The van der Waals surface area contributed by atoms with Crippen LogP contribution in [0, 0.1) is 0 Å². The van der Waals surface area contributed by atoms with Crippen LogP contribution in [0.1, 0.15) is 6.92 Å². The molecule has 0 amide bonds. The van der Waals surface area contributed by atoms with E-state index in [0.29, 0.717) is 6.61 Å². The normalized spacial score (nSPS) is 32.5. The van der Waals surface area contributed by atoms with Gasteiger partial charge in [-0.05, 0) is 13.2 Å². The Hall–Kier alpha value is 0.405. The summed E-state index contributed by atoms with van der Waals surface area (Å²) in [4.78, 5) is 17.7. The molecule has 1 unspecified atom stereocenters. The lowest BCUT2D eigenvalue weighted by molar-refractivity contribution is -0.0676. The first kappa shape index (κ1) is 18.5. The molecule has 2 N–H and O–H groups in total. The smallest absolute Gasteiger partial charge is 0.376 e. The van der Waals surface area contributed by atoms with Crippen molar-refractivity contribution in [2.24, 2.45) is 0 Å². The van der Waals surface area contributed by atoms with Crippen molar-refractivity contribution in [2.45, 2.75) is 37.3 Å². The minimum atomic E-state index is -4.56. The van der Waals surface area contributed by atoms with Crippen LogP contribution in [0.3, 0.4) is 0 Å². The minimum absolute atomic E-state index is 0.227. The summed E-state index contributed by atoms with van der Waals surface area (Å²) in [5.74, 6) is 0.860. The average Bonchev–Trinajstić information content (AvgIpc) is 2.64. The third-order valence-electron chi connectivity index (χ3n) is 3.12. The number of hydrogen-bond donors (Lipinski definition) is 2. The van der Waals surface area contributed by atoms with E-state index in [4.69, 9.17) is 24.0 Å². The van der Waals surface area contributed by atoms with Crippen LogP contribution in [0.4, 0.5) is 0 Å². The van der Waals surface area contributed by atoms with Gasteiger partial charge in [0.15, 0.2) is 0 Å². The second kappa shape index (κ2) is 8.15. The summed E-state index contributed by atoms with van der Waals surface area (Å²) >= 11 is 1.68. The van der Waals surface area contributed by atoms with E-state index in [2.05, 4.69) is 4.52 Å². The number of phosphoric acid groups is 1. The van der Waals surface area contributed by atoms with E-state index in [1.165, 1.54) is 7.11 Å². The molecule has 1 heterocycles. The minimum Gasteiger partial charge on any atom is -0.376 e. The van der Waals surface area contributed by atoms with Crippen LogP contribution in [0.2, 0.25) is 0 Å². The molecule has 7 nitrogen and oxygen atoms in total. The Morgan fingerprint density at radius 1 is 1.45 bits per heavy atom. The molecule has 0 aliphatic carbocycles. The molecule has 1 rings (SSSR count). The number of phosphoric ester groups is 1. The maximum atomic E-state index is 10.9. The fourth-order valence-electron chi connectivity index (χ4n) is 2.28. The topological polar surface area (TPSA) is 94.5 Å². The van der Waals surface area contributed by atoms with Crippen LogP contribution in [-0.2, 0) is 23.3 Å². The van der Waals surface area contributed by atoms with E-state index in [9.17, 15) is 4.57 Å². The molecular weight excluding hydrogens is 306 g/mol. The Kier molecular flexibility index (Phi) is 7.52. The van der Waals surface area contributed by atoms with Crippen LogP contribution in [0.5, 0.6) is 0 Å². The zero-order chi connectivity index (χ0) is 15.3. The molecular formula is C10H22BO7PS. The van der Waals surface area contributed by atoms with Crippen molar-refractivity contribution in [3.63, 3.8) is 0 Å². The summed E-state index contributed by atoms with van der Waals surface area (Å²) in [6.45, 7) is 2.12. The first-order valence-electron chi connectivity index (χ1n) is 6.33. The van der Waals surface area contributed by atoms with Gasteiger partial charge in [-0.1, -0.05) is 0 Å². The second-order valence-corrected chi connectivity index (χ2v) is 6.81. The van der Waals surface area contributed by atoms with E-state index in [1.807, 2.05) is 14.1 Å². The lowest BCUT2D eigenvalue weighted by Crippen LogP contribution is -2.41. The molecule has 118 valence electrons. The molecule has 0 spiro atoms. The zero-order valence-corrected chi connectivity index (χ0v) is 13.8. The van der Waals surface area contributed by atoms with Crippen molar-refractivity contribution in [3.05, 3.63) is 0 Å². The molecule has 5 atom stereocenters. The molecule has 0 aromatic rings. The van der Waals surface area contributed by atoms with E-state index in [1.54, 1.807) is 18.7 Å². The predicted molar refractivity (Wildman–Crippen MR) is 78.7 cm³/mol. The Morgan fingerprint density at radius 2 is 2.10 bits per heavy atom. The van der Waals surface area contributed by atoms with Crippen LogP contribution < -0.4 is 0 Å². The first-order chi connectivity index (χ1) is 9.30. The van der Waals surface area contributed by atoms with E-state index >= 15 is 0 Å². The Labute approximate surface area is 124 Å². The average molecular weight is 328 g/mol. The van der Waals surface area contributed by atoms with Crippen LogP contribution >= 0.6 is 19.6 Å². The summed E-state index contributed by atoms with van der Waals surface area (Å²) in [6, 6.07) is -0.227. The van der Waals surface area contributed by atoms with Gasteiger partial charge < -0.3 is 24.0 Å². The molecule has 20 heavy (non-hydrogen) atoms. The van der Waals surface area contributed by atoms with Gasteiger partial charge in [-0.3, -0.25) is 4.52 Å². The Bertz CT molecular complexity index is 342. The molecule has 0 aromatic heterocycles. The van der Waals surface area contributed by atoms with Gasteiger partial charge in [0, 0.05) is 12.9 Å². The third-order valence-corrected chi connectivity index (χ3v) is 4.30. The summed E-state index contributed by atoms with van der Waals surface area (Å²) in [5, 5.41) is 0. The molecule has 1 aliphatic rings. The molecule has 1 aliphatic heterocycles. The number of methoxy groups -OCH3 is 1. The highest BCUT2D eigenvalue weighted by Gasteiger charge is 2.47. The monoisotopic (exact) mass is 328 g/mol. The number of ether oxygens (including phenoxy) is 3. The quantitative estimate of drug-likeness (QED) is 0.353. The molecule has 0 aromatic carbocycles. The largest absolute Gasteiger partial charge is 0.469 e. The standard InChI is InChI=1S/C10H22BO7PS/c1-6(18-19(12,13)14)7-8(15-2)9(10(11)17-7)16-4-5-20-3/h6-10H,4-5,11H2,1-3H3,(H2,12,13,14)/t6?,7-,8-,9-,10-/m1/s1. The van der Waals surface area contributed by atoms with Gasteiger partial charge in [-0.15, -0.1) is 0 Å². The predicted octanol–water partition coefficient (Wildman–Crippen LogP) is -0.395. The zero-order valence-electron chi connectivity index (χ0n) is 12.1. The Balaban J connectivity index is 2.66. The van der Waals surface area contributed by atoms with Crippen molar-refractivity contribution >= 4 is 27.4 Å². The van der Waals surface area contributed by atoms with Crippen LogP contribution in [0.25, 0.3) is 0 Å². The van der Waals surface area contributed by atoms with Gasteiger partial charge >= 0.3 is 7.82 Å². The van der Waals surface area contributed by atoms with Crippen molar-refractivity contribution < 1.29 is 33.1 Å².